The molecule has 1 aliphatic heterocycles. The fourth-order valence-corrected chi connectivity index (χ4v) is 2.27. The second kappa shape index (κ2) is 6.11. The highest BCUT2D eigenvalue weighted by atomic mass is 19.4. The van der Waals surface area contributed by atoms with E-state index in [0.717, 1.165) is 0 Å². The van der Waals surface area contributed by atoms with Gasteiger partial charge >= 0.3 is 18.2 Å². The Bertz CT molecular complexity index is 396. The number of carbonyl (C=O) groups excluding carboxylic acids is 1. The van der Waals surface area contributed by atoms with Crippen molar-refractivity contribution in [1.82, 2.24) is 10.2 Å². The maximum atomic E-state index is 12.5. The van der Waals surface area contributed by atoms with Crippen LogP contribution in [0.1, 0.15) is 33.6 Å². The summed E-state index contributed by atoms with van der Waals surface area (Å²) in [4.78, 5) is 24.4. The second-order valence-corrected chi connectivity index (χ2v) is 6.39. The van der Waals surface area contributed by atoms with E-state index < -0.39 is 35.6 Å². The lowest BCUT2D eigenvalue weighted by Crippen LogP contribution is -2.55. The number of alkyl halides is 3. The summed E-state index contributed by atoms with van der Waals surface area (Å²) in [6, 6.07) is -1.72. The van der Waals surface area contributed by atoms with Crippen LogP contribution in [0.3, 0.4) is 0 Å². The minimum absolute atomic E-state index is 0.0213. The van der Waals surface area contributed by atoms with Crippen LogP contribution in [-0.2, 0) is 4.79 Å². The second-order valence-electron chi connectivity index (χ2n) is 6.39. The molecule has 8 heteroatoms. The Kier molecular flexibility index (Phi) is 5.11. The summed E-state index contributed by atoms with van der Waals surface area (Å²) in [6.45, 7) is 4.96. The first kappa shape index (κ1) is 17.6. The lowest BCUT2D eigenvalue weighted by atomic mass is 9.87. The van der Waals surface area contributed by atoms with Crippen LogP contribution in [0.15, 0.2) is 0 Å². The van der Waals surface area contributed by atoms with Crippen molar-refractivity contribution in [3.63, 3.8) is 0 Å². The van der Waals surface area contributed by atoms with E-state index in [4.69, 9.17) is 5.11 Å². The molecule has 0 spiro atoms. The molecule has 0 bridgehead atoms. The van der Waals surface area contributed by atoms with Gasteiger partial charge in [-0.15, -0.1) is 0 Å². The Labute approximate surface area is 121 Å². The van der Waals surface area contributed by atoms with Crippen LogP contribution in [0.2, 0.25) is 0 Å². The molecular weight excluding hydrogens is 289 g/mol. The van der Waals surface area contributed by atoms with Crippen LogP contribution in [0.25, 0.3) is 0 Å². The van der Waals surface area contributed by atoms with E-state index in [2.05, 4.69) is 5.32 Å². The third-order valence-electron chi connectivity index (χ3n) is 3.63. The maximum Gasteiger partial charge on any atom is 0.391 e. The Hall–Kier alpha value is -1.47. The highest BCUT2D eigenvalue weighted by Gasteiger charge is 2.42. The van der Waals surface area contributed by atoms with Gasteiger partial charge in [-0.05, 0) is 18.3 Å². The van der Waals surface area contributed by atoms with E-state index >= 15 is 0 Å². The molecule has 2 N–H and O–H groups in total. The van der Waals surface area contributed by atoms with Gasteiger partial charge in [-0.25, -0.2) is 9.59 Å². The predicted molar refractivity (Wildman–Crippen MR) is 69.8 cm³/mol. The number of rotatable bonds is 2. The number of hydrogen-bond donors (Lipinski definition) is 2. The number of hydrogen-bond acceptors (Lipinski definition) is 2. The molecule has 1 aliphatic rings. The quantitative estimate of drug-likeness (QED) is 0.823. The van der Waals surface area contributed by atoms with Crippen LogP contribution in [0, 0.1) is 11.3 Å². The van der Waals surface area contributed by atoms with Gasteiger partial charge in [0.25, 0.3) is 0 Å². The number of carboxylic acid groups (broad SMARTS) is 1. The summed E-state index contributed by atoms with van der Waals surface area (Å²) in [6.07, 6.45) is -4.54. The van der Waals surface area contributed by atoms with Crippen LogP contribution >= 0.6 is 0 Å². The molecule has 2 amide bonds. The zero-order valence-corrected chi connectivity index (χ0v) is 12.3. The largest absolute Gasteiger partial charge is 0.480 e. The lowest BCUT2D eigenvalue weighted by Gasteiger charge is -2.35. The zero-order chi connectivity index (χ0) is 16.4. The van der Waals surface area contributed by atoms with Gasteiger partial charge in [-0.2, -0.15) is 13.2 Å². The average Bonchev–Trinajstić information content (AvgIpc) is 2.33. The van der Waals surface area contributed by atoms with Gasteiger partial charge < -0.3 is 15.3 Å². The molecular formula is C13H21F3N2O3. The van der Waals surface area contributed by atoms with E-state index in [9.17, 15) is 22.8 Å². The molecule has 0 aromatic carbocycles. The van der Waals surface area contributed by atoms with Gasteiger partial charge in [-0.3, -0.25) is 0 Å². The predicted octanol–water partition coefficient (Wildman–Crippen LogP) is 2.47. The Morgan fingerprint density at radius 2 is 1.67 bits per heavy atom. The number of nitrogens with zero attached hydrogens (tertiary/aromatic N) is 1. The van der Waals surface area contributed by atoms with Crippen LogP contribution in [0.4, 0.5) is 18.0 Å². The Morgan fingerprint density at radius 3 is 2.00 bits per heavy atom. The molecule has 0 radical (unpaired) electrons. The monoisotopic (exact) mass is 310 g/mol. The van der Waals surface area contributed by atoms with Gasteiger partial charge in [0.15, 0.2) is 0 Å². The first-order valence-corrected chi connectivity index (χ1v) is 6.78. The van der Waals surface area contributed by atoms with Crippen LogP contribution in [0.5, 0.6) is 0 Å². The molecule has 0 saturated carbocycles. The Balaban J connectivity index is 2.60. The molecule has 5 nitrogen and oxygen atoms in total. The molecule has 122 valence electrons. The maximum absolute atomic E-state index is 12.5. The molecule has 0 aliphatic carbocycles. The van der Waals surface area contributed by atoms with Crippen molar-refractivity contribution in [3.05, 3.63) is 0 Å². The molecule has 1 rings (SSSR count). The first-order chi connectivity index (χ1) is 9.43. The van der Waals surface area contributed by atoms with E-state index in [0.29, 0.717) is 0 Å². The van der Waals surface area contributed by atoms with Crippen LogP contribution < -0.4 is 5.32 Å². The number of piperidine rings is 1. The lowest BCUT2D eigenvalue weighted by molar-refractivity contribution is -0.183. The zero-order valence-electron chi connectivity index (χ0n) is 12.3. The third-order valence-corrected chi connectivity index (χ3v) is 3.63. The molecule has 1 saturated heterocycles. The van der Waals surface area contributed by atoms with Gasteiger partial charge in [0.05, 0.1) is 5.92 Å². The molecule has 0 aromatic heterocycles. The van der Waals surface area contributed by atoms with Gasteiger partial charge in [-0.1, -0.05) is 20.8 Å². The van der Waals surface area contributed by atoms with Crippen molar-refractivity contribution in [1.29, 1.82) is 0 Å². The number of halogens is 3. The van der Waals surface area contributed by atoms with Crippen molar-refractivity contribution in [2.24, 2.45) is 11.3 Å². The highest BCUT2D eigenvalue weighted by Crippen LogP contribution is 2.34. The number of likely N-dealkylation sites (tertiary alicyclic amines) is 1. The summed E-state index contributed by atoms with van der Waals surface area (Å²) < 4.78 is 37.6. The fraction of sp³-hybridized carbons (Fsp3) is 0.846. The van der Waals surface area contributed by atoms with Crippen molar-refractivity contribution in [3.8, 4) is 0 Å². The number of urea groups is 1. The summed E-state index contributed by atoms with van der Waals surface area (Å²) in [5, 5.41) is 11.5. The first-order valence-electron chi connectivity index (χ1n) is 6.78. The summed E-state index contributed by atoms with van der Waals surface area (Å²) >= 11 is 0. The number of amides is 2. The Morgan fingerprint density at radius 1 is 1.19 bits per heavy atom. The van der Waals surface area contributed by atoms with E-state index in [1.54, 1.807) is 20.8 Å². The van der Waals surface area contributed by atoms with Crippen molar-refractivity contribution >= 4 is 12.0 Å². The highest BCUT2D eigenvalue weighted by molar-refractivity contribution is 5.83. The van der Waals surface area contributed by atoms with Gasteiger partial charge in [0, 0.05) is 13.1 Å². The minimum Gasteiger partial charge on any atom is -0.480 e. The normalized spacial score (nSPS) is 19.2. The fourth-order valence-electron chi connectivity index (χ4n) is 2.27. The molecule has 0 aromatic rings. The molecule has 1 heterocycles. The summed E-state index contributed by atoms with van der Waals surface area (Å²) in [5.74, 6) is -2.56. The molecule has 1 fully saturated rings. The minimum atomic E-state index is -4.24. The summed E-state index contributed by atoms with van der Waals surface area (Å²) in [7, 11) is 0. The third kappa shape index (κ3) is 4.78. The summed E-state index contributed by atoms with van der Waals surface area (Å²) in [5.41, 5.74) is -0.689. The standard InChI is InChI=1S/C13H21F3N2O3/c1-12(2,3)9(10(19)20)17-11(21)18-6-4-8(5-7-18)13(14,15)16/h8-9H,4-7H2,1-3H3,(H,17,21)(H,19,20)/t9-/m1/s1. The molecule has 0 unspecified atom stereocenters. The van der Waals surface area contributed by atoms with Crippen LogP contribution in [-0.4, -0.2) is 47.3 Å². The van der Waals surface area contributed by atoms with Crippen molar-refractivity contribution in [2.75, 3.05) is 13.1 Å². The smallest absolute Gasteiger partial charge is 0.391 e. The van der Waals surface area contributed by atoms with Crippen molar-refractivity contribution < 1.29 is 27.9 Å². The van der Waals surface area contributed by atoms with E-state index in [-0.39, 0.29) is 25.9 Å². The van der Waals surface area contributed by atoms with E-state index in [1.165, 1.54) is 4.90 Å². The number of nitrogens with one attached hydrogen (secondary N) is 1. The topological polar surface area (TPSA) is 69.6 Å². The van der Waals surface area contributed by atoms with E-state index in [1.807, 2.05) is 0 Å². The number of aliphatic carboxylic acids is 1. The van der Waals surface area contributed by atoms with Gasteiger partial charge in [0.1, 0.15) is 6.04 Å². The molecule has 1 atom stereocenters. The van der Waals surface area contributed by atoms with Crippen molar-refractivity contribution in [2.45, 2.75) is 45.8 Å². The number of carboxylic acids is 1. The average molecular weight is 310 g/mol. The number of carbonyl (C=O) groups is 2. The van der Waals surface area contributed by atoms with Gasteiger partial charge in [0.2, 0.25) is 0 Å². The SMILES string of the molecule is CC(C)(C)[C@H](NC(=O)N1CCC(C(F)(F)F)CC1)C(=O)O. The molecule has 21 heavy (non-hydrogen) atoms.